The quantitative estimate of drug-likeness (QED) is 0.383. The second-order valence-electron chi connectivity index (χ2n) is 11.3. The van der Waals surface area contributed by atoms with Gasteiger partial charge in [-0.2, -0.15) is 0 Å². The highest BCUT2D eigenvalue weighted by atomic mass is 16.6. The van der Waals surface area contributed by atoms with Crippen molar-refractivity contribution in [3.63, 3.8) is 0 Å². The summed E-state index contributed by atoms with van der Waals surface area (Å²) in [6.07, 6.45) is -0.604. The second kappa shape index (κ2) is 11.5. The maximum Gasteiger partial charge on any atom is 0.410 e. The lowest BCUT2D eigenvalue weighted by atomic mass is 9.98. The van der Waals surface area contributed by atoms with E-state index < -0.39 is 23.8 Å². The molecule has 2 aliphatic rings. The average molecular weight is 559 g/mol. The van der Waals surface area contributed by atoms with Crippen LogP contribution in [0.25, 0.3) is 11.1 Å². The van der Waals surface area contributed by atoms with Crippen molar-refractivity contribution in [2.45, 2.75) is 50.8 Å². The number of carbonyl (C=O) groups excluding carboxylic acids is 2. The number of hydrogen-bond donors (Lipinski definition) is 2. The SMILES string of the molecule is CC(C)(C)OC(=O)N1CC(NC(=O)OCC2c3ccccc3-c3ccccc32)CC1COc1ccc(C(=O)O)cc1. The van der Waals surface area contributed by atoms with Crippen molar-refractivity contribution < 1.29 is 33.7 Å². The minimum atomic E-state index is -1.02. The molecule has 3 aromatic rings. The molecule has 214 valence electrons. The van der Waals surface area contributed by atoms with Gasteiger partial charge in [0.15, 0.2) is 0 Å². The van der Waals surface area contributed by atoms with Crippen LogP contribution in [0.2, 0.25) is 0 Å². The van der Waals surface area contributed by atoms with Gasteiger partial charge in [0.05, 0.1) is 17.6 Å². The van der Waals surface area contributed by atoms with Crippen molar-refractivity contribution >= 4 is 18.2 Å². The third-order valence-electron chi connectivity index (χ3n) is 7.25. The summed E-state index contributed by atoms with van der Waals surface area (Å²) < 4.78 is 17.2. The van der Waals surface area contributed by atoms with Crippen LogP contribution in [-0.4, -0.2) is 65.6 Å². The Hall–Kier alpha value is -4.53. The van der Waals surface area contributed by atoms with Crippen molar-refractivity contribution in [3.05, 3.63) is 89.5 Å². The molecule has 2 unspecified atom stereocenters. The second-order valence-corrected chi connectivity index (χ2v) is 11.3. The lowest BCUT2D eigenvalue weighted by Gasteiger charge is -2.28. The predicted octanol–water partition coefficient (Wildman–Crippen LogP) is 5.68. The molecular formula is C32H34N2O7. The zero-order chi connectivity index (χ0) is 29.1. The minimum Gasteiger partial charge on any atom is -0.491 e. The van der Waals surface area contributed by atoms with Crippen molar-refractivity contribution in [2.24, 2.45) is 0 Å². The first-order chi connectivity index (χ1) is 19.6. The monoisotopic (exact) mass is 558 g/mol. The van der Waals surface area contributed by atoms with Crippen LogP contribution in [0.1, 0.15) is 54.6 Å². The Labute approximate surface area is 239 Å². The average Bonchev–Trinajstić information content (AvgIpc) is 3.49. The maximum atomic E-state index is 13.0. The zero-order valence-corrected chi connectivity index (χ0v) is 23.3. The largest absolute Gasteiger partial charge is 0.491 e. The topological polar surface area (TPSA) is 114 Å². The van der Waals surface area contributed by atoms with E-state index in [1.54, 1.807) is 37.8 Å². The molecule has 9 heteroatoms. The van der Waals surface area contributed by atoms with Gasteiger partial charge < -0.3 is 24.6 Å². The number of carboxylic acid groups (broad SMARTS) is 1. The number of likely N-dealkylation sites (tertiary alicyclic amines) is 1. The molecule has 1 fully saturated rings. The number of alkyl carbamates (subject to hydrolysis) is 1. The van der Waals surface area contributed by atoms with Gasteiger partial charge in [0.2, 0.25) is 0 Å². The number of nitrogens with zero attached hydrogens (tertiary/aromatic N) is 1. The number of amides is 2. The number of carboxylic acids is 1. The number of aromatic carboxylic acids is 1. The highest BCUT2D eigenvalue weighted by Gasteiger charge is 2.39. The number of ether oxygens (including phenoxy) is 3. The van der Waals surface area contributed by atoms with Crippen LogP contribution in [-0.2, 0) is 9.47 Å². The number of hydrogen-bond acceptors (Lipinski definition) is 6. The molecule has 0 bridgehead atoms. The van der Waals surface area contributed by atoms with Crippen molar-refractivity contribution in [1.82, 2.24) is 10.2 Å². The first kappa shape index (κ1) is 28.0. The molecule has 0 aromatic heterocycles. The molecule has 5 rings (SSSR count). The van der Waals surface area contributed by atoms with Gasteiger partial charge in [-0.15, -0.1) is 0 Å². The Kier molecular flexibility index (Phi) is 7.88. The molecule has 1 aliphatic heterocycles. The summed E-state index contributed by atoms with van der Waals surface area (Å²) in [5, 5.41) is 12.0. The summed E-state index contributed by atoms with van der Waals surface area (Å²) in [5.74, 6) is -0.596. The molecule has 1 heterocycles. The number of benzene rings is 3. The minimum absolute atomic E-state index is 0.0522. The van der Waals surface area contributed by atoms with Crippen molar-refractivity contribution in [2.75, 3.05) is 19.8 Å². The first-order valence-corrected chi connectivity index (χ1v) is 13.7. The van der Waals surface area contributed by atoms with Gasteiger partial charge in [-0.1, -0.05) is 48.5 Å². The summed E-state index contributed by atoms with van der Waals surface area (Å²) in [7, 11) is 0. The molecule has 3 aromatic carbocycles. The normalized spacial score (nSPS) is 17.9. The lowest BCUT2D eigenvalue weighted by Crippen LogP contribution is -2.43. The van der Waals surface area contributed by atoms with E-state index in [1.807, 2.05) is 24.3 Å². The van der Waals surface area contributed by atoms with E-state index in [2.05, 4.69) is 29.6 Å². The molecule has 1 aliphatic carbocycles. The summed E-state index contributed by atoms with van der Waals surface area (Å²) in [6, 6.07) is 21.6. The lowest BCUT2D eigenvalue weighted by molar-refractivity contribution is 0.0184. The summed E-state index contributed by atoms with van der Waals surface area (Å²) >= 11 is 0. The number of carbonyl (C=O) groups is 3. The van der Waals surface area contributed by atoms with Crippen molar-refractivity contribution in [1.29, 1.82) is 0 Å². The van der Waals surface area contributed by atoms with E-state index in [-0.39, 0.29) is 43.3 Å². The third-order valence-corrected chi connectivity index (χ3v) is 7.25. The number of nitrogens with one attached hydrogen (secondary N) is 1. The fourth-order valence-corrected chi connectivity index (χ4v) is 5.42. The highest BCUT2D eigenvalue weighted by Crippen LogP contribution is 2.44. The molecule has 9 nitrogen and oxygen atoms in total. The Bertz CT molecular complexity index is 1380. The van der Waals surface area contributed by atoms with Gasteiger partial charge >= 0.3 is 18.2 Å². The Morgan fingerprint density at radius 1 is 0.902 bits per heavy atom. The first-order valence-electron chi connectivity index (χ1n) is 13.7. The Balaban J connectivity index is 1.21. The van der Waals surface area contributed by atoms with E-state index in [9.17, 15) is 14.4 Å². The van der Waals surface area contributed by atoms with Crippen LogP contribution in [0.4, 0.5) is 9.59 Å². The van der Waals surface area contributed by atoms with Crippen LogP contribution in [0, 0.1) is 0 Å². The standard InChI is InChI=1S/C32H34N2O7/c1-32(2,3)41-31(38)34-17-21(16-22(34)18-39-23-14-12-20(13-15-23)29(35)36)33-30(37)40-19-28-26-10-6-4-8-24(26)25-9-5-7-11-27(25)28/h4-15,21-22,28H,16-19H2,1-3H3,(H,33,37)(H,35,36). The van der Waals surface area contributed by atoms with E-state index in [1.165, 1.54) is 12.1 Å². The number of fused-ring (bicyclic) bond motifs is 3. The summed E-state index contributed by atoms with van der Waals surface area (Å²) in [4.78, 5) is 38.6. The van der Waals surface area contributed by atoms with Gasteiger partial charge in [0, 0.05) is 12.5 Å². The fraction of sp³-hybridized carbons (Fsp3) is 0.344. The van der Waals surface area contributed by atoms with Gasteiger partial charge in [-0.05, 0) is 73.7 Å². The van der Waals surface area contributed by atoms with Gasteiger partial charge in [0.1, 0.15) is 24.6 Å². The molecule has 2 amide bonds. The van der Waals surface area contributed by atoms with Crippen LogP contribution in [0.5, 0.6) is 5.75 Å². The van der Waals surface area contributed by atoms with E-state index >= 15 is 0 Å². The molecule has 2 atom stereocenters. The van der Waals surface area contributed by atoms with Gasteiger partial charge in [0.25, 0.3) is 0 Å². The van der Waals surface area contributed by atoms with E-state index in [4.69, 9.17) is 19.3 Å². The maximum absolute atomic E-state index is 13.0. The van der Waals surface area contributed by atoms with E-state index in [0.29, 0.717) is 12.2 Å². The Morgan fingerprint density at radius 2 is 1.51 bits per heavy atom. The molecule has 41 heavy (non-hydrogen) atoms. The highest BCUT2D eigenvalue weighted by molar-refractivity contribution is 5.87. The predicted molar refractivity (Wildman–Crippen MR) is 152 cm³/mol. The van der Waals surface area contributed by atoms with Crippen LogP contribution >= 0.6 is 0 Å². The van der Waals surface area contributed by atoms with Crippen molar-refractivity contribution in [3.8, 4) is 16.9 Å². The number of rotatable bonds is 7. The van der Waals surface area contributed by atoms with Crippen LogP contribution < -0.4 is 10.1 Å². The smallest absolute Gasteiger partial charge is 0.410 e. The molecule has 0 radical (unpaired) electrons. The summed E-state index contributed by atoms with van der Waals surface area (Å²) in [6.45, 7) is 5.97. The fourth-order valence-electron chi connectivity index (χ4n) is 5.42. The summed E-state index contributed by atoms with van der Waals surface area (Å²) in [5.41, 5.74) is 4.04. The van der Waals surface area contributed by atoms with Gasteiger partial charge in [-0.25, -0.2) is 14.4 Å². The zero-order valence-electron chi connectivity index (χ0n) is 23.3. The third kappa shape index (κ3) is 6.45. The molecule has 0 spiro atoms. The molecular weight excluding hydrogens is 524 g/mol. The van der Waals surface area contributed by atoms with Crippen LogP contribution in [0.15, 0.2) is 72.8 Å². The molecule has 1 saturated heterocycles. The molecule has 0 saturated carbocycles. The molecule has 2 N–H and O–H groups in total. The van der Waals surface area contributed by atoms with Crippen LogP contribution in [0.3, 0.4) is 0 Å². The van der Waals surface area contributed by atoms with E-state index in [0.717, 1.165) is 22.3 Å². The van der Waals surface area contributed by atoms with Gasteiger partial charge in [-0.3, -0.25) is 4.90 Å². The Morgan fingerprint density at radius 3 is 2.10 bits per heavy atom.